The standard InChI is InChI=1S/C13H19BrO/c1-11(2)8-10-15-13-5-3-12(4-6-13)7-9-14/h3-6,11H,7-10H2,1-2H3. The minimum atomic E-state index is 0.706. The first kappa shape index (κ1) is 12.6. The molecule has 1 nitrogen and oxygen atoms in total. The summed E-state index contributed by atoms with van der Waals surface area (Å²) >= 11 is 3.43. The average molecular weight is 271 g/mol. The zero-order valence-electron chi connectivity index (χ0n) is 9.50. The van der Waals surface area contributed by atoms with Crippen LogP contribution < -0.4 is 4.74 Å². The van der Waals surface area contributed by atoms with Gasteiger partial charge in [0.1, 0.15) is 5.75 Å². The van der Waals surface area contributed by atoms with Gasteiger partial charge in [-0.3, -0.25) is 0 Å². The van der Waals surface area contributed by atoms with Crippen molar-refractivity contribution in [3.63, 3.8) is 0 Å². The van der Waals surface area contributed by atoms with Gasteiger partial charge in [0.15, 0.2) is 0 Å². The van der Waals surface area contributed by atoms with Crippen LogP contribution >= 0.6 is 15.9 Å². The van der Waals surface area contributed by atoms with Gasteiger partial charge in [-0.05, 0) is 36.5 Å². The van der Waals surface area contributed by atoms with Crippen LogP contribution in [-0.4, -0.2) is 11.9 Å². The second kappa shape index (κ2) is 6.89. The van der Waals surface area contributed by atoms with Crippen LogP contribution in [0.3, 0.4) is 0 Å². The largest absolute Gasteiger partial charge is 0.494 e. The second-order valence-corrected chi connectivity index (χ2v) is 4.91. The normalized spacial score (nSPS) is 10.7. The van der Waals surface area contributed by atoms with E-state index >= 15 is 0 Å². The number of aryl methyl sites for hydroxylation is 1. The number of benzene rings is 1. The first-order valence-corrected chi connectivity index (χ1v) is 6.62. The molecule has 15 heavy (non-hydrogen) atoms. The molecular weight excluding hydrogens is 252 g/mol. The molecule has 1 rings (SSSR count). The molecule has 0 N–H and O–H groups in total. The smallest absolute Gasteiger partial charge is 0.119 e. The Bertz CT molecular complexity index is 266. The highest BCUT2D eigenvalue weighted by atomic mass is 79.9. The van der Waals surface area contributed by atoms with Gasteiger partial charge >= 0.3 is 0 Å². The van der Waals surface area contributed by atoms with E-state index in [4.69, 9.17) is 4.74 Å². The molecule has 0 fully saturated rings. The summed E-state index contributed by atoms with van der Waals surface area (Å²) in [5.41, 5.74) is 1.35. The number of halogens is 1. The number of hydrogen-bond acceptors (Lipinski definition) is 1. The molecule has 0 radical (unpaired) electrons. The van der Waals surface area contributed by atoms with E-state index in [-0.39, 0.29) is 0 Å². The lowest BCUT2D eigenvalue weighted by atomic mass is 10.1. The summed E-state index contributed by atoms with van der Waals surface area (Å²) in [7, 11) is 0. The average Bonchev–Trinajstić information content (AvgIpc) is 2.20. The minimum Gasteiger partial charge on any atom is -0.494 e. The zero-order chi connectivity index (χ0) is 11.1. The van der Waals surface area contributed by atoms with Crippen LogP contribution in [0.1, 0.15) is 25.8 Å². The van der Waals surface area contributed by atoms with Crippen molar-refractivity contribution in [2.45, 2.75) is 26.7 Å². The predicted molar refractivity (Wildman–Crippen MR) is 68.9 cm³/mol. The SMILES string of the molecule is CC(C)CCOc1ccc(CCBr)cc1. The molecule has 1 aromatic rings. The van der Waals surface area contributed by atoms with E-state index in [2.05, 4.69) is 54.0 Å². The Morgan fingerprint density at radius 1 is 1.20 bits per heavy atom. The van der Waals surface area contributed by atoms with Gasteiger partial charge in [-0.2, -0.15) is 0 Å². The van der Waals surface area contributed by atoms with Gasteiger partial charge in [-0.15, -0.1) is 0 Å². The molecular formula is C13H19BrO. The number of rotatable bonds is 6. The summed E-state index contributed by atoms with van der Waals surface area (Å²) in [6, 6.07) is 8.37. The van der Waals surface area contributed by atoms with Crippen LogP contribution in [0.2, 0.25) is 0 Å². The molecule has 1 aromatic carbocycles. The monoisotopic (exact) mass is 270 g/mol. The Morgan fingerprint density at radius 2 is 1.87 bits per heavy atom. The highest BCUT2D eigenvalue weighted by Gasteiger charge is 1.97. The maximum atomic E-state index is 5.64. The summed E-state index contributed by atoms with van der Waals surface area (Å²) in [4.78, 5) is 0. The van der Waals surface area contributed by atoms with Crippen molar-refractivity contribution >= 4 is 15.9 Å². The molecule has 0 atom stereocenters. The first-order valence-electron chi connectivity index (χ1n) is 5.50. The lowest BCUT2D eigenvalue weighted by Gasteiger charge is -2.08. The topological polar surface area (TPSA) is 9.23 Å². The molecule has 0 aliphatic heterocycles. The molecule has 84 valence electrons. The summed E-state index contributed by atoms with van der Waals surface area (Å²) < 4.78 is 5.64. The van der Waals surface area contributed by atoms with Gasteiger partial charge in [-0.1, -0.05) is 41.9 Å². The Balaban J connectivity index is 2.36. The zero-order valence-corrected chi connectivity index (χ0v) is 11.1. The molecule has 0 aliphatic rings. The fourth-order valence-corrected chi connectivity index (χ4v) is 1.73. The number of alkyl halides is 1. The van der Waals surface area contributed by atoms with Crippen molar-refractivity contribution in [2.75, 3.05) is 11.9 Å². The van der Waals surface area contributed by atoms with Crippen molar-refractivity contribution in [1.82, 2.24) is 0 Å². The molecule has 0 saturated carbocycles. The molecule has 0 spiro atoms. The molecule has 2 heteroatoms. The minimum absolute atomic E-state index is 0.706. The third-order valence-electron chi connectivity index (χ3n) is 2.27. The Labute approximate surface area is 101 Å². The highest BCUT2D eigenvalue weighted by Crippen LogP contribution is 2.14. The van der Waals surface area contributed by atoms with Crippen molar-refractivity contribution in [3.05, 3.63) is 29.8 Å². The lowest BCUT2D eigenvalue weighted by Crippen LogP contribution is -2.01. The maximum absolute atomic E-state index is 5.64. The Kier molecular flexibility index (Phi) is 5.77. The van der Waals surface area contributed by atoms with Crippen LogP contribution in [0.4, 0.5) is 0 Å². The van der Waals surface area contributed by atoms with E-state index in [1.54, 1.807) is 0 Å². The Morgan fingerprint density at radius 3 is 2.40 bits per heavy atom. The van der Waals surface area contributed by atoms with E-state index < -0.39 is 0 Å². The van der Waals surface area contributed by atoms with E-state index in [0.29, 0.717) is 5.92 Å². The van der Waals surface area contributed by atoms with Gasteiger partial charge < -0.3 is 4.74 Å². The highest BCUT2D eigenvalue weighted by molar-refractivity contribution is 9.09. The van der Waals surface area contributed by atoms with Gasteiger partial charge in [-0.25, -0.2) is 0 Å². The quantitative estimate of drug-likeness (QED) is 0.709. The first-order chi connectivity index (χ1) is 7.22. The fraction of sp³-hybridized carbons (Fsp3) is 0.538. The van der Waals surface area contributed by atoms with Crippen molar-refractivity contribution < 1.29 is 4.74 Å². The van der Waals surface area contributed by atoms with Gasteiger partial charge in [0.05, 0.1) is 6.61 Å². The van der Waals surface area contributed by atoms with Crippen molar-refractivity contribution in [3.8, 4) is 5.75 Å². The maximum Gasteiger partial charge on any atom is 0.119 e. The molecule has 0 amide bonds. The molecule has 0 saturated heterocycles. The van der Waals surface area contributed by atoms with E-state index in [1.807, 2.05) is 0 Å². The molecule has 0 bridgehead atoms. The van der Waals surface area contributed by atoms with E-state index in [1.165, 1.54) is 5.56 Å². The number of ether oxygens (including phenoxy) is 1. The third-order valence-corrected chi connectivity index (χ3v) is 2.67. The summed E-state index contributed by atoms with van der Waals surface area (Å²) in [5, 5.41) is 1.01. The summed E-state index contributed by atoms with van der Waals surface area (Å²) in [6.45, 7) is 5.24. The third kappa shape index (κ3) is 5.22. The van der Waals surface area contributed by atoms with Gasteiger partial charge in [0, 0.05) is 5.33 Å². The van der Waals surface area contributed by atoms with Gasteiger partial charge in [0.2, 0.25) is 0 Å². The lowest BCUT2D eigenvalue weighted by molar-refractivity contribution is 0.289. The van der Waals surface area contributed by atoms with Crippen molar-refractivity contribution in [1.29, 1.82) is 0 Å². The van der Waals surface area contributed by atoms with Crippen LogP contribution in [0, 0.1) is 5.92 Å². The van der Waals surface area contributed by atoms with Gasteiger partial charge in [0.25, 0.3) is 0 Å². The second-order valence-electron chi connectivity index (χ2n) is 4.11. The molecule has 0 heterocycles. The van der Waals surface area contributed by atoms with Crippen LogP contribution in [-0.2, 0) is 6.42 Å². The fourth-order valence-electron chi connectivity index (χ4n) is 1.27. The number of hydrogen-bond donors (Lipinski definition) is 0. The Hall–Kier alpha value is -0.500. The van der Waals surface area contributed by atoms with Crippen LogP contribution in [0.25, 0.3) is 0 Å². The molecule has 0 aliphatic carbocycles. The van der Waals surface area contributed by atoms with E-state index in [9.17, 15) is 0 Å². The van der Waals surface area contributed by atoms with Crippen LogP contribution in [0.15, 0.2) is 24.3 Å². The predicted octanol–water partition coefficient (Wildman–Crippen LogP) is 4.05. The van der Waals surface area contributed by atoms with E-state index in [0.717, 1.165) is 30.5 Å². The summed E-state index contributed by atoms with van der Waals surface area (Å²) in [6.07, 6.45) is 2.19. The molecule has 0 aromatic heterocycles. The van der Waals surface area contributed by atoms with Crippen LogP contribution in [0.5, 0.6) is 5.75 Å². The van der Waals surface area contributed by atoms with Crippen molar-refractivity contribution in [2.24, 2.45) is 5.92 Å². The summed E-state index contributed by atoms with van der Waals surface area (Å²) in [5.74, 6) is 1.69. The molecule has 0 unspecified atom stereocenters.